The lowest BCUT2D eigenvalue weighted by Gasteiger charge is -2.04. The van der Waals surface area contributed by atoms with Crippen LogP contribution in [0.2, 0.25) is 0 Å². The number of methoxy groups -OCH3 is 1. The third-order valence-electron chi connectivity index (χ3n) is 3.47. The monoisotopic (exact) mass is 310 g/mol. The van der Waals surface area contributed by atoms with Gasteiger partial charge < -0.3 is 13.9 Å². The normalized spacial score (nSPS) is 10.5. The summed E-state index contributed by atoms with van der Waals surface area (Å²) in [4.78, 5) is 0. The number of hydrogen-bond acceptors (Lipinski definition) is 5. The fourth-order valence-electron chi connectivity index (χ4n) is 2.16. The fourth-order valence-corrected chi connectivity index (χ4v) is 2.16. The van der Waals surface area contributed by atoms with Crippen LogP contribution in [0.4, 0.5) is 0 Å². The summed E-state index contributed by atoms with van der Waals surface area (Å²) in [6.45, 7) is 2.36. The number of hydrogen-bond donors (Lipinski definition) is 0. The van der Waals surface area contributed by atoms with Crippen LogP contribution < -0.4 is 9.47 Å². The first kappa shape index (κ1) is 15.1. The van der Waals surface area contributed by atoms with E-state index in [1.54, 1.807) is 7.11 Å². The molecule has 0 aliphatic carbocycles. The van der Waals surface area contributed by atoms with Gasteiger partial charge in [-0.3, -0.25) is 0 Å². The van der Waals surface area contributed by atoms with Crippen LogP contribution in [-0.2, 0) is 13.0 Å². The first-order chi connectivity index (χ1) is 11.3. The molecule has 0 unspecified atom stereocenters. The molecule has 118 valence electrons. The maximum atomic E-state index is 5.70. The molecule has 3 aromatic rings. The number of nitrogens with zero attached hydrogens (tertiary/aromatic N) is 2. The molecule has 0 atom stereocenters. The molecule has 0 spiro atoms. The van der Waals surface area contributed by atoms with Gasteiger partial charge in [-0.05, 0) is 48.4 Å². The quantitative estimate of drug-likeness (QED) is 0.691. The van der Waals surface area contributed by atoms with Gasteiger partial charge in [0, 0.05) is 5.56 Å². The Morgan fingerprint density at radius 1 is 1.00 bits per heavy atom. The summed E-state index contributed by atoms with van der Waals surface area (Å²) < 4.78 is 16.5. The highest BCUT2D eigenvalue weighted by molar-refractivity contribution is 5.53. The van der Waals surface area contributed by atoms with Crippen molar-refractivity contribution in [2.75, 3.05) is 7.11 Å². The number of rotatable bonds is 6. The largest absolute Gasteiger partial charge is 0.497 e. The Labute approximate surface area is 134 Å². The number of aromatic nitrogens is 2. The van der Waals surface area contributed by atoms with E-state index in [-0.39, 0.29) is 6.61 Å². The molecule has 0 fully saturated rings. The summed E-state index contributed by atoms with van der Waals surface area (Å²) in [7, 11) is 1.63. The van der Waals surface area contributed by atoms with Gasteiger partial charge in [0.25, 0.3) is 5.89 Å². The van der Waals surface area contributed by atoms with Gasteiger partial charge in [0.2, 0.25) is 5.89 Å². The molecule has 3 rings (SSSR count). The average Bonchev–Trinajstić information content (AvgIpc) is 3.09. The summed E-state index contributed by atoms with van der Waals surface area (Å²) in [6, 6.07) is 15.4. The highest BCUT2D eigenvalue weighted by Crippen LogP contribution is 2.22. The second-order valence-electron chi connectivity index (χ2n) is 5.02. The van der Waals surface area contributed by atoms with E-state index in [1.807, 2.05) is 42.5 Å². The molecule has 0 saturated carbocycles. The Hall–Kier alpha value is -2.82. The molecule has 2 aromatic carbocycles. The molecule has 0 radical (unpaired) electrons. The first-order valence-corrected chi connectivity index (χ1v) is 7.47. The Morgan fingerprint density at radius 3 is 2.57 bits per heavy atom. The van der Waals surface area contributed by atoms with Gasteiger partial charge in [-0.1, -0.05) is 19.1 Å². The van der Waals surface area contributed by atoms with Crippen LogP contribution in [-0.4, -0.2) is 17.3 Å². The van der Waals surface area contributed by atoms with Crippen LogP contribution in [0, 0.1) is 0 Å². The maximum absolute atomic E-state index is 5.70. The zero-order valence-electron chi connectivity index (χ0n) is 13.2. The molecule has 0 N–H and O–H groups in total. The van der Waals surface area contributed by atoms with Gasteiger partial charge >= 0.3 is 0 Å². The van der Waals surface area contributed by atoms with Crippen molar-refractivity contribution in [2.24, 2.45) is 0 Å². The highest BCUT2D eigenvalue weighted by Gasteiger charge is 2.09. The van der Waals surface area contributed by atoms with E-state index in [2.05, 4.69) is 23.2 Å². The van der Waals surface area contributed by atoms with Crippen LogP contribution >= 0.6 is 0 Å². The lowest BCUT2D eigenvalue weighted by atomic mass is 10.2. The summed E-state index contributed by atoms with van der Waals surface area (Å²) in [6.07, 6.45) is 0.972. The van der Waals surface area contributed by atoms with Crippen LogP contribution in [0.25, 0.3) is 11.5 Å². The van der Waals surface area contributed by atoms with Crippen molar-refractivity contribution in [3.05, 3.63) is 60.0 Å². The van der Waals surface area contributed by atoms with E-state index < -0.39 is 0 Å². The van der Waals surface area contributed by atoms with Crippen molar-refractivity contribution in [2.45, 2.75) is 20.0 Å². The van der Waals surface area contributed by atoms with E-state index in [1.165, 1.54) is 5.56 Å². The Kier molecular flexibility index (Phi) is 4.57. The molecule has 1 aromatic heterocycles. The minimum Gasteiger partial charge on any atom is -0.497 e. The predicted octanol–water partition coefficient (Wildman–Crippen LogP) is 3.89. The van der Waals surface area contributed by atoms with E-state index in [9.17, 15) is 0 Å². The molecule has 23 heavy (non-hydrogen) atoms. The smallest absolute Gasteiger partial charge is 0.254 e. The molecule has 0 bridgehead atoms. The zero-order chi connectivity index (χ0) is 16.1. The predicted molar refractivity (Wildman–Crippen MR) is 86.4 cm³/mol. The third-order valence-corrected chi connectivity index (χ3v) is 3.47. The fraction of sp³-hybridized carbons (Fsp3) is 0.222. The van der Waals surface area contributed by atoms with Crippen LogP contribution in [0.5, 0.6) is 11.5 Å². The Morgan fingerprint density at radius 2 is 1.83 bits per heavy atom. The summed E-state index contributed by atoms with van der Waals surface area (Å²) in [5, 5.41) is 8.07. The molecule has 0 amide bonds. The number of aryl methyl sites for hydroxylation is 1. The van der Waals surface area contributed by atoms with Gasteiger partial charge in [0.15, 0.2) is 6.61 Å². The van der Waals surface area contributed by atoms with E-state index in [0.717, 1.165) is 23.5 Å². The van der Waals surface area contributed by atoms with Crippen molar-refractivity contribution in [1.29, 1.82) is 0 Å². The van der Waals surface area contributed by atoms with Gasteiger partial charge in [-0.15, -0.1) is 10.2 Å². The van der Waals surface area contributed by atoms with E-state index in [0.29, 0.717) is 11.8 Å². The topological polar surface area (TPSA) is 57.4 Å². The summed E-state index contributed by atoms with van der Waals surface area (Å²) >= 11 is 0. The molecular formula is C18H18N2O3. The number of ether oxygens (including phenoxy) is 2. The van der Waals surface area contributed by atoms with Crippen LogP contribution in [0.15, 0.2) is 52.9 Å². The van der Waals surface area contributed by atoms with Crippen molar-refractivity contribution in [3.63, 3.8) is 0 Å². The molecule has 0 saturated heterocycles. The second kappa shape index (κ2) is 6.96. The van der Waals surface area contributed by atoms with Gasteiger partial charge in [-0.2, -0.15) is 0 Å². The minimum atomic E-state index is 0.246. The molecule has 5 nitrogen and oxygen atoms in total. The van der Waals surface area contributed by atoms with Gasteiger partial charge in [0.05, 0.1) is 7.11 Å². The van der Waals surface area contributed by atoms with Crippen molar-refractivity contribution in [1.82, 2.24) is 10.2 Å². The Bertz CT molecular complexity index is 766. The Balaban J connectivity index is 1.66. The summed E-state index contributed by atoms with van der Waals surface area (Å²) in [5.74, 6) is 2.49. The van der Waals surface area contributed by atoms with Crippen molar-refractivity contribution >= 4 is 0 Å². The first-order valence-electron chi connectivity index (χ1n) is 7.47. The number of benzene rings is 2. The van der Waals surface area contributed by atoms with Gasteiger partial charge in [-0.25, -0.2) is 0 Å². The molecule has 1 heterocycles. The molecule has 0 aliphatic rings. The van der Waals surface area contributed by atoms with Crippen molar-refractivity contribution < 1.29 is 13.9 Å². The average molecular weight is 310 g/mol. The van der Waals surface area contributed by atoms with Crippen molar-refractivity contribution in [3.8, 4) is 23.0 Å². The minimum absolute atomic E-state index is 0.246. The van der Waals surface area contributed by atoms with Crippen LogP contribution in [0.1, 0.15) is 18.4 Å². The zero-order valence-corrected chi connectivity index (χ0v) is 13.2. The van der Waals surface area contributed by atoms with Gasteiger partial charge in [0.1, 0.15) is 11.5 Å². The standard InChI is InChI=1S/C18H18N2O3/c1-3-13-5-4-6-16(11-13)22-12-17-19-20-18(23-17)14-7-9-15(21-2)10-8-14/h4-11H,3,12H2,1-2H3. The maximum Gasteiger partial charge on any atom is 0.254 e. The molecule has 0 aliphatic heterocycles. The van der Waals surface area contributed by atoms with E-state index >= 15 is 0 Å². The lowest BCUT2D eigenvalue weighted by Crippen LogP contribution is -1.96. The highest BCUT2D eigenvalue weighted by atomic mass is 16.5. The molecular weight excluding hydrogens is 292 g/mol. The molecule has 5 heteroatoms. The lowest BCUT2D eigenvalue weighted by molar-refractivity contribution is 0.264. The van der Waals surface area contributed by atoms with Crippen LogP contribution in [0.3, 0.4) is 0 Å². The third kappa shape index (κ3) is 3.69. The SMILES string of the molecule is CCc1cccc(OCc2nnc(-c3ccc(OC)cc3)o2)c1. The summed E-state index contributed by atoms with van der Waals surface area (Å²) in [5.41, 5.74) is 2.07. The second-order valence-corrected chi connectivity index (χ2v) is 5.02. The van der Waals surface area contributed by atoms with E-state index in [4.69, 9.17) is 13.9 Å².